The molecule has 1 aliphatic rings. The molecule has 238 valence electrons. The number of carbonyl (C=O) groups is 2. The number of aromatic carboxylic acids is 1. The third kappa shape index (κ3) is 5.54. The van der Waals surface area contributed by atoms with E-state index in [9.17, 15) is 14.7 Å². The number of anilines is 1. The maximum absolute atomic E-state index is 14.7. The normalized spacial score (nSPS) is 13.3. The second-order valence-corrected chi connectivity index (χ2v) is 12.8. The highest BCUT2D eigenvalue weighted by Crippen LogP contribution is 2.43. The Kier molecular flexibility index (Phi) is 8.61. The van der Waals surface area contributed by atoms with Crippen molar-refractivity contribution < 1.29 is 19.4 Å². The Morgan fingerprint density at radius 3 is 2.39 bits per heavy atom. The lowest BCUT2D eigenvalue weighted by Crippen LogP contribution is -2.32. The molecule has 6 rings (SSSR count). The van der Waals surface area contributed by atoms with Crippen LogP contribution in [0.1, 0.15) is 67.3 Å². The number of halogens is 2. The first-order chi connectivity index (χ1) is 22.0. The molecule has 1 aliphatic heterocycles. The molecule has 0 aliphatic carbocycles. The van der Waals surface area contributed by atoms with E-state index in [-0.39, 0.29) is 11.5 Å². The second kappa shape index (κ2) is 12.5. The number of hydrogen-bond donors (Lipinski definition) is 2. The summed E-state index contributed by atoms with van der Waals surface area (Å²) in [6.45, 7) is 11.2. The number of aromatic amines is 1. The largest absolute Gasteiger partial charge is 0.494 e. The van der Waals surface area contributed by atoms with Gasteiger partial charge in [0.05, 0.1) is 28.4 Å². The van der Waals surface area contributed by atoms with Gasteiger partial charge in [-0.1, -0.05) is 35.3 Å². The number of amides is 1. The molecule has 3 aromatic carbocycles. The van der Waals surface area contributed by atoms with E-state index in [0.29, 0.717) is 55.4 Å². The molecular weight excluding hydrogens is 623 g/mol. The zero-order chi connectivity index (χ0) is 32.9. The number of nitrogens with zero attached hydrogens (tertiary/aromatic N) is 3. The van der Waals surface area contributed by atoms with Crippen molar-refractivity contribution in [2.75, 3.05) is 18.1 Å². The fourth-order valence-corrected chi connectivity index (χ4v) is 7.03. The fourth-order valence-electron chi connectivity index (χ4n) is 6.68. The van der Waals surface area contributed by atoms with Gasteiger partial charge in [0.25, 0.3) is 5.91 Å². The number of rotatable bonds is 8. The summed E-state index contributed by atoms with van der Waals surface area (Å²) in [6.07, 6.45) is 1.92. The zero-order valence-electron chi connectivity index (χ0n) is 26.6. The molecule has 0 unspecified atom stereocenters. The van der Waals surface area contributed by atoms with E-state index in [0.717, 1.165) is 66.4 Å². The Labute approximate surface area is 277 Å². The standard InChI is InChI=1S/C36H36Cl2N4O4/c1-19-9-10-24(36(44)45)18-29(19)41-13-7-14-42-33-27(11-12-28(37)31(33)30-22(4)39-40-23(30)5)26(34(42)35(41)43)8-6-15-46-25-16-20(2)32(38)21(3)17-25/h9-12,16-18H,6-8,13-15H2,1-5H3,(H,39,40)(H,44,45). The van der Waals surface area contributed by atoms with Gasteiger partial charge >= 0.3 is 5.97 Å². The van der Waals surface area contributed by atoms with E-state index in [2.05, 4.69) is 14.8 Å². The Bertz CT molecular complexity index is 1980. The number of benzene rings is 3. The lowest BCUT2D eigenvalue weighted by molar-refractivity contribution is 0.0696. The average molecular weight is 660 g/mol. The number of hydrogen-bond acceptors (Lipinski definition) is 4. The van der Waals surface area contributed by atoms with Gasteiger partial charge in [0, 0.05) is 46.0 Å². The van der Waals surface area contributed by atoms with Crippen LogP contribution in [0.15, 0.2) is 42.5 Å². The second-order valence-electron chi connectivity index (χ2n) is 12.0. The van der Waals surface area contributed by atoms with Crippen LogP contribution >= 0.6 is 23.2 Å². The Morgan fingerprint density at radius 1 is 0.978 bits per heavy atom. The highest BCUT2D eigenvalue weighted by atomic mass is 35.5. The van der Waals surface area contributed by atoms with Crippen LogP contribution in [0, 0.1) is 34.6 Å². The first kappa shape index (κ1) is 31.7. The molecule has 0 saturated heterocycles. The quantitative estimate of drug-likeness (QED) is 0.163. The smallest absolute Gasteiger partial charge is 0.335 e. The summed E-state index contributed by atoms with van der Waals surface area (Å²) in [4.78, 5) is 28.3. The maximum Gasteiger partial charge on any atom is 0.335 e. The van der Waals surface area contributed by atoms with Crippen molar-refractivity contribution in [3.8, 4) is 16.9 Å². The Hall–Kier alpha value is -4.27. The van der Waals surface area contributed by atoms with Gasteiger partial charge in [-0.05, 0) is 106 Å². The summed E-state index contributed by atoms with van der Waals surface area (Å²) < 4.78 is 8.27. The van der Waals surface area contributed by atoms with Crippen molar-refractivity contribution in [2.24, 2.45) is 0 Å². The number of H-pyrrole nitrogens is 1. The van der Waals surface area contributed by atoms with Crippen molar-refractivity contribution in [1.29, 1.82) is 0 Å². The van der Waals surface area contributed by atoms with Crippen LogP contribution in [-0.2, 0) is 13.0 Å². The number of aryl methyl sites for hydroxylation is 7. The number of nitrogens with one attached hydrogen (secondary N) is 1. The van der Waals surface area contributed by atoms with Gasteiger partial charge < -0.3 is 19.3 Å². The van der Waals surface area contributed by atoms with Gasteiger partial charge in [-0.2, -0.15) is 5.10 Å². The van der Waals surface area contributed by atoms with Crippen LogP contribution in [0.4, 0.5) is 5.69 Å². The number of aromatic nitrogens is 3. The van der Waals surface area contributed by atoms with Gasteiger partial charge in [0.1, 0.15) is 11.4 Å². The predicted molar refractivity (Wildman–Crippen MR) is 183 cm³/mol. The highest BCUT2D eigenvalue weighted by Gasteiger charge is 2.33. The molecule has 46 heavy (non-hydrogen) atoms. The number of carbonyl (C=O) groups excluding carboxylic acids is 1. The topological polar surface area (TPSA) is 100 Å². The molecule has 3 heterocycles. The third-order valence-corrected chi connectivity index (χ3v) is 9.78. The van der Waals surface area contributed by atoms with Crippen molar-refractivity contribution in [2.45, 2.75) is 60.4 Å². The molecule has 10 heteroatoms. The van der Waals surface area contributed by atoms with Crippen LogP contribution in [0.3, 0.4) is 0 Å². The molecule has 0 spiro atoms. The average Bonchev–Trinajstić information content (AvgIpc) is 3.45. The molecule has 0 atom stereocenters. The van der Waals surface area contributed by atoms with Crippen LogP contribution < -0.4 is 9.64 Å². The predicted octanol–water partition coefficient (Wildman–Crippen LogP) is 8.64. The summed E-state index contributed by atoms with van der Waals surface area (Å²) in [7, 11) is 0. The molecule has 0 bridgehead atoms. The zero-order valence-corrected chi connectivity index (χ0v) is 28.1. The van der Waals surface area contributed by atoms with E-state index >= 15 is 0 Å². The molecule has 0 saturated carbocycles. The summed E-state index contributed by atoms with van der Waals surface area (Å²) in [6, 6.07) is 12.7. The lowest BCUT2D eigenvalue weighted by Gasteiger charge is -2.23. The first-order valence-electron chi connectivity index (χ1n) is 15.4. The minimum Gasteiger partial charge on any atom is -0.494 e. The van der Waals surface area contributed by atoms with Crippen LogP contribution in [0.25, 0.3) is 22.0 Å². The Balaban J connectivity index is 1.47. The fraction of sp³-hybridized carbons (Fsp3) is 0.306. The summed E-state index contributed by atoms with van der Waals surface area (Å²) in [5.74, 6) is -0.438. The van der Waals surface area contributed by atoms with Crippen molar-refractivity contribution in [3.05, 3.63) is 97.4 Å². The van der Waals surface area contributed by atoms with Crippen LogP contribution in [0.2, 0.25) is 10.0 Å². The van der Waals surface area contributed by atoms with E-state index in [1.54, 1.807) is 23.1 Å². The van der Waals surface area contributed by atoms with Gasteiger partial charge in [0.2, 0.25) is 0 Å². The molecule has 5 aromatic rings. The van der Waals surface area contributed by atoms with Crippen LogP contribution in [0.5, 0.6) is 5.75 Å². The van der Waals surface area contributed by atoms with E-state index in [1.807, 2.05) is 58.9 Å². The minimum atomic E-state index is -1.03. The van der Waals surface area contributed by atoms with Gasteiger partial charge in [-0.25, -0.2) is 4.79 Å². The first-order valence-corrected chi connectivity index (χ1v) is 16.1. The van der Waals surface area contributed by atoms with E-state index in [1.165, 1.54) is 0 Å². The molecule has 0 radical (unpaired) electrons. The summed E-state index contributed by atoms with van der Waals surface area (Å²) >= 11 is 13.3. The minimum absolute atomic E-state index is 0.142. The monoisotopic (exact) mass is 658 g/mol. The van der Waals surface area contributed by atoms with Crippen molar-refractivity contribution >= 4 is 51.7 Å². The number of carboxylic acid groups (broad SMARTS) is 1. The van der Waals surface area contributed by atoms with Crippen LogP contribution in [-0.4, -0.2) is 44.9 Å². The molecular formula is C36H36Cl2N4O4. The van der Waals surface area contributed by atoms with Gasteiger partial charge in [-0.3, -0.25) is 9.89 Å². The molecule has 0 fully saturated rings. The van der Waals surface area contributed by atoms with Crippen molar-refractivity contribution in [3.63, 3.8) is 0 Å². The maximum atomic E-state index is 14.7. The van der Waals surface area contributed by atoms with Gasteiger partial charge in [0.15, 0.2) is 0 Å². The molecule has 1 amide bonds. The molecule has 2 N–H and O–H groups in total. The van der Waals surface area contributed by atoms with E-state index < -0.39 is 5.97 Å². The molecule has 8 nitrogen and oxygen atoms in total. The highest BCUT2D eigenvalue weighted by molar-refractivity contribution is 6.35. The van der Waals surface area contributed by atoms with Gasteiger partial charge in [-0.15, -0.1) is 0 Å². The number of ether oxygens (including phenoxy) is 1. The number of carboxylic acids is 1. The Morgan fingerprint density at radius 2 is 1.72 bits per heavy atom. The SMILES string of the molecule is Cc1ccc(C(=O)O)cc1N1CCCn2c(c(CCCOc3cc(C)c(Cl)c(C)c3)c3ccc(Cl)c(-c4c(C)n[nH]c4C)c32)C1=O. The lowest BCUT2D eigenvalue weighted by atomic mass is 9.98. The molecule has 2 aromatic heterocycles. The third-order valence-electron chi connectivity index (χ3n) is 8.86. The summed E-state index contributed by atoms with van der Waals surface area (Å²) in [5, 5.41) is 19.5. The van der Waals surface area contributed by atoms with Crippen molar-refractivity contribution in [1.82, 2.24) is 14.8 Å². The summed E-state index contributed by atoms with van der Waals surface area (Å²) in [5.41, 5.74) is 9.42. The van der Waals surface area contributed by atoms with E-state index in [4.69, 9.17) is 27.9 Å². The number of fused-ring (bicyclic) bond motifs is 3.